The van der Waals surface area contributed by atoms with E-state index in [2.05, 4.69) is 16.0 Å². The van der Waals surface area contributed by atoms with E-state index >= 15 is 0 Å². The van der Waals surface area contributed by atoms with Crippen LogP contribution in [0.2, 0.25) is 0 Å². The van der Waals surface area contributed by atoms with E-state index in [1.165, 1.54) is 6.20 Å². The molecule has 2 saturated heterocycles. The second kappa shape index (κ2) is 8.70. The van der Waals surface area contributed by atoms with Crippen molar-refractivity contribution in [3.63, 3.8) is 0 Å². The van der Waals surface area contributed by atoms with Crippen LogP contribution in [-0.2, 0) is 21.9 Å². The van der Waals surface area contributed by atoms with E-state index in [-0.39, 0.29) is 28.7 Å². The molecule has 2 aliphatic heterocycles. The van der Waals surface area contributed by atoms with Crippen LogP contribution in [0.15, 0.2) is 41.4 Å². The molecular formula is C21H30N6O3S. The number of sulfonamides is 1. The maximum Gasteiger partial charge on any atom is 0.246 e. The van der Waals surface area contributed by atoms with Crippen LogP contribution in [0.4, 0.5) is 5.69 Å². The van der Waals surface area contributed by atoms with Crippen LogP contribution in [0.5, 0.6) is 0 Å². The third-order valence-corrected chi connectivity index (χ3v) is 8.63. The lowest BCUT2D eigenvalue weighted by atomic mass is 9.83. The molecule has 1 aromatic heterocycles. The van der Waals surface area contributed by atoms with Crippen molar-refractivity contribution < 1.29 is 13.2 Å². The number of hydrogen-bond donors (Lipinski definition) is 2. The SMILES string of the molecule is Cc1c(S(=O)(=O)N2CCC(C3NNCC3C(=O)N(C)c3ccccc3)CC2)cnn1C. The molecule has 4 rings (SSSR count). The summed E-state index contributed by atoms with van der Waals surface area (Å²) in [7, 11) is -0.0163. The number of nitrogens with one attached hydrogen (secondary N) is 2. The minimum Gasteiger partial charge on any atom is -0.315 e. The van der Waals surface area contributed by atoms with Crippen LogP contribution in [0.1, 0.15) is 18.5 Å². The zero-order valence-electron chi connectivity index (χ0n) is 18.2. The number of rotatable bonds is 5. The van der Waals surface area contributed by atoms with Gasteiger partial charge in [0.05, 0.1) is 17.8 Å². The summed E-state index contributed by atoms with van der Waals surface area (Å²) in [6, 6.07) is 9.59. The molecule has 2 aromatic rings. The van der Waals surface area contributed by atoms with Crippen molar-refractivity contribution in [1.29, 1.82) is 0 Å². The minimum atomic E-state index is -3.56. The molecule has 2 aliphatic rings. The predicted octanol–water partition coefficient (Wildman–Crippen LogP) is 0.885. The highest BCUT2D eigenvalue weighted by atomic mass is 32.2. The second-order valence-corrected chi connectivity index (χ2v) is 10.3. The normalized spacial score (nSPS) is 23.2. The van der Waals surface area contributed by atoms with E-state index < -0.39 is 10.0 Å². The van der Waals surface area contributed by atoms with Gasteiger partial charge in [-0.3, -0.25) is 20.3 Å². The first-order chi connectivity index (χ1) is 14.8. The van der Waals surface area contributed by atoms with Crippen LogP contribution in [0, 0.1) is 18.8 Å². The Bertz CT molecular complexity index is 1030. The van der Waals surface area contributed by atoms with Gasteiger partial charge in [-0.2, -0.15) is 9.40 Å². The Kier molecular flexibility index (Phi) is 6.16. The van der Waals surface area contributed by atoms with E-state index in [1.807, 2.05) is 30.3 Å². The van der Waals surface area contributed by atoms with Gasteiger partial charge in [-0.05, 0) is 37.8 Å². The van der Waals surface area contributed by atoms with Crippen molar-refractivity contribution in [3.05, 3.63) is 42.2 Å². The van der Waals surface area contributed by atoms with E-state index in [0.29, 0.717) is 38.2 Å². The Labute approximate surface area is 183 Å². The lowest BCUT2D eigenvalue weighted by Crippen LogP contribution is -2.49. The topological polar surface area (TPSA) is 99.6 Å². The van der Waals surface area contributed by atoms with Gasteiger partial charge >= 0.3 is 0 Å². The van der Waals surface area contributed by atoms with Gasteiger partial charge < -0.3 is 4.90 Å². The van der Waals surface area contributed by atoms with E-state index in [9.17, 15) is 13.2 Å². The molecule has 2 atom stereocenters. The van der Waals surface area contributed by atoms with Crippen molar-refractivity contribution >= 4 is 21.6 Å². The highest BCUT2D eigenvalue weighted by Gasteiger charge is 2.42. The second-order valence-electron chi connectivity index (χ2n) is 8.35. The summed E-state index contributed by atoms with van der Waals surface area (Å²) < 4.78 is 29.2. The first-order valence-electron chi connectivity index (χ1n) is 10.6. The monoisotopic (exact) mass is 446 g/mol. The van der Waals surface area contributed by atoms with Crippen molar-refractivity contribution in [1.82, 2.24) is 24.9 Å². The van der Waals surface area contributed by atoms with Crippen molar-refractivity contribution in [2.24, 2.45) is 18.9 Å². The molecule has 31 heavy (non-hydrogen) atoms. The molecule has 2 unspecified atom stereocenters. The van der Waals surface area contributed by atoms with Gasteiger partial charge in [-0.25, -0.2) is 8.42 Å². The van der Waals surface area contributed by atoms with Crippen LogP contribution in [-0.4, -0.2) is 61.1 Å². The van der Waals surface area contributed by atoms with Gasteiger partial charge in [-0.15, -0.1) is 0 Å². The van der Waals surface area contributed by atoms with E-state index in [0.717, 1.165) is 5.69 Å². The zero-order chi connectivity index (χ0) is 22.2. The number of hydrogen-bond acceptors (Lipinski definition) is 6. The van der Waals surface area contributed by atoms with Crippen molar-refractivity contribution in [2.75, 3.05) is 31.6 Å². The molecule has 1 amide bonds. The number of anilines is 1. The fraction of sp³-hybridized carbons (Fsp3) is 0.524. The van der Waals surface area contributed by atoms with Gasteiger partial charge in [0, 0.05) is 45.5 Å². The third kappa shape index (κ3) is 4.12. The Balaban J connectivity index is 1.42. The zero-order valence-corrected chi connectivity index (χ0v) is 19.0. The first-order valence-corrected chi connectivity index (χ1v) is 12.0. The summed E-state index contributed by atoms with van der Waals surface area (Å²) >= 11 is 0. The third-order valence-electron chi connectivity index (χ3n) is 6.63. The lowest BCUT2D eigenvalue weighted by molar-refractivity contribution is -0.122. The molecule has 9 nitrogen and oxygen atoms in total. The number of carbonyl (C=O) groups excluding carboxylic acids is 1. The number of benzene rings is 1. The molecular weight excluding hydrogens is 416 g/mol. The summed E-state index contributed by atoms with van der Waals surface area (Å²) in [5, 5.41) is 4.08. The minimum absolute atomic E-state index is 0.0244. The molecule has 0 saturated carbocycles. The van der Waals surface area contributed by atoms with Gasteiger partial charge in [0.2, 0.25) is 15.9 Å². The Morgan fingerprint density at radius 1 is 1.19 bits per heavy atom. The number of aromatic nitrogens is 2. The molecule has 0 aliphatic carbocycles. The fourth-order valence-electron chi connectivity index (χ4n) is 4.58. The predicted molar refractivity (Wildman–Crippen MR) is 118 cm³/mol. The summed E-state index contributed by atoms with van der Waals surface area (Å²) in [6.07, 6.45) is 2.83. The van der Waals surface area contributed by atoms with Crippen molar-refractivity contribution in [2.45, 2.75) is 30.7 Å². The van der Waals surface area contributed by atoms with Gasteiger partial charge in [-0.1, -0.05) is 18.2 Å². The maximum absolute atomic E-state index is 13.2. The average molecular weight is 447 g/mol. The summed E-state index contributed by atoms with van der Waals surface area (Å²) in [4.78, 5) is 15.2. The quantitative estimate of drug-likeness (QED) is 0.708. The fourth-order valence-corrected chi connectivity index (χ4v) is 6.23. The largest absolute Gasteiger partial charge is 0.315 e. The molecule has 0 spiro atoms. The Morgan fingerprint density at radius 2 is 1.87 bits per heavy atom. The summed E-state index contributed by atoms with van der Waals surface area (Å²) in [5.41, 5.74) is 7.93. The summed E-state index contributed by atoms with van der Waals surface area (Å²) in [6.45, 7) is 3.21. The van der Waals surface area contributed by atoms with E-state index in [4.69, 9.17) is 0 Å². The highest BCUT2D eigenvalue weighted by molar-refractivity contribution is 7.89. The first kappa shape index (κ1) is 21.9. The van der Waals surface area contributed by atoms with Gasteiger partial charge in [0.25, 0.3) is 0 Å². The summed E-state index contributed by atoms with van der Waals surface area (Å²) in [5.74, 6) is 0.0863. The molecule has 2 N–H and O–H groups in total. The molecule has 168 valence electrons. The van der Waals surface area contributed by atoms with Crippen LogP contribution in [0.3, 0.4) is 0 Å². The van der Waals surface area contributed by atoms with Crippen molar-refractivity contribution in [3.8, 4) is 0 Å². The average Bonchev–Trinajstić information content (AvgIpc) is 3.41. The highest BCUT2D eigenvalue weighted by Crippen LogP contribution is 2.31. The number of aryl methyl sites for hydroxylation is 1. The number of piperidine rings is 1. The van der Waals surface area contributed by atoms with Crippen LogP contribution >= 0.6 is 0 Å². The lowest BCUT2D eigenvalue weighted by Gasteiger charge is -2.36. The van der Waals surface area contributed by atoms with Crippen LogP contribution in [0.25, 0.3) is 0 Å². The number of amides is 1. The number of para-hydroxylation sites is 1. The van der Waals surface area contributed by atoms with E-state index in [1.54, 1.807) is 34.9 Å². The Hall–Kier alpha value is -2.27. The number of carbonyl (C=O) groups is 1. The number of nitrogens with zero attached hydrogens (tertiary/aromatic N) is 4. The van der Waals surface area contributed by atoms with Gasteiger partial charge in [0.1, 0.15) is 4.90 Å². The van der Waals surface area contributed by atoms with Gasteiger partial charge in [0.15, 0.2) is 0 Å². The molecule has 10 heteroatoms. The van der Waals surface area contributed by atoms with Crippen LogP contribution < -0.4 is 15.8 Å². The molecule has 1 aromatic carbocycles. The molecule has 2 fully saturated rings. The molecule has 0 radical (unpaired) electrons. The number of hydrazine groups is 1. The molecule has 3 heterocycles. The standard InChI is InChI=1S/C21H30N6O3S/c1-15-19(14-23-26(15)3)31(29,30)27-11-9-16(10-12-27)20-18(13-22-24-20)21(28)25(2)17-7-5-4-6-8-17/h4-8,14,16,18,20,22,24H,9-13H2,1-3H3. The molecule has 0 bridgehead atoms. The maximum atomic E-state index is 13.2. The Morgan fingerprint density at radius 3 is 2.48 bits per heavy atom. The smallest absolute Gasteiger partial charge is 0.246 e.